The van der Waals surface area contributed by atoms with Crippen LogP contribution in [0.2, 0.25) is 0 Å². The first-order chi connectivity index (χ1) is 6.04. The minimum Gasteiger partial charge on any atom is -0.288 e. The fourth-order valence-corrected chi connectivity index (χ4v) is 0.812. The molecule has 1 nitrogen and oxygen atoms in total. The molecule has 1 aromatic rings. The topological polar surface area (TPSA) is 17.1 Å². The van der Waals surface area contributed by atoms with E-state index in [0.717, 1.165) is 18.2 Å². The van der Waals surface area contributed by atoms with Gasteiger partial charge in [-0.25, -0.2) is 17.6 Å². The first-order valence-electron chi connectivity index (χ1n) is 3.30. The summed E-state index contributed by atoms with van der Waals surface area (Å²) in [6, 6.07) is 2.55. The average molecular weight is 192 g/mol. The third-order valence-electron chi connectivity index (χ3n) is 1.42. The minimum atomic E-state index is -3.32. The van der Waals surface area contributed by atoms with E-state index in [1.165, 1.54) is 0 Å². The molecule has 0 N–H and O–H groups in total. The van der Waals surface area contributed by atoms with Gasteiger partial charge < -0.3 is 0 Å². The van der Waals surface area contributed by atoms with Crippen LogP contribution in [-0.4, -0.2) is 12.2 Å². The summed E-state index contributed by atoms with van der Waals surface area (Å²) in [7, 11) is 0. The number of benzene rings is 1. The molecule has 0 atom stereocenters. The molecule has 0 aromatic heterocycles. The van der Waals surface area contributed by atoms with Crippen molar-refractivity contribution < 1.29 is 22.4 Å². The molecule has 1 rings (SSSR count). The second-order valence-corrected chi connectivity index (χ2v) is 2.27. The van der Waals surface area contributed by atoms with Crippen LogP contribution in [0.4, 0.5) is 17.6 Å². The normalized spacial score (nSPS) is 10.5. The standard InChI is InChI=1S/C8H4F4O/c9-5-3-1-2-4(6(5)10)7(13)8(11)12/h1-3,8H. The molecule has 0 aliphatic rings. The first-order valence-corrected chi connectivity index (χ1v) is 3.30. The molecular weight excluding hydrogens is 188 g/mol. The van der Waals surface area contributed by atoms with Crippen LogP contribution in [0.15, 0.2) is 18.2 Å². The summed E-state index contributed by atoms with van der Waals surface area (Å²) in [6.07, 6.45) is -3.32. The number of carbonyl (C=O) groups excluding carboxylic acids is 1. The molecule has 0 fully saturated rings. The Morgan fingerprint density at radius 1 is 1.23 bits per heavy atom. The zero-order valence-corrected chi connectivity index (χ0v) is 6.23. The van der Waals surface area contributed by atoms with Gasteiger partial charge in [0.15, 0.2) is 11.6 Å². The van der Waals surface area contributed by atoms with Crippen molar-refractivity contribution in [2.45, 2.75) is 6.43 Å². The number of carbonyl (C=O) groups is 1. The van der Waals surface area contributed by atoms with Crippen LogP contribution in [0.3, 0.4) is 0 Å². The van der Waals surface area contributed by atoms with Crippen LogP contribution in [0.5, 0.6) is 0 Å². The van der Waals surface area contributed by atoms with Gasteiger partial charge in [0.2, 0.25) is 5.78 Å². The molecule has 0 aliphatic carbocycles. The lowest BCUT2D eigenvalue weighted by Gasteiger charge is -2.00. The molecule has 0 aliphatic heterocycles. The van der Waals surface area contributed by atoms with Crippen molar-refractivity contribution >= 4 is 5.78 Å². The highest BCUT2D eigenvalue weighted by atomic mass is 19.3. The molecule has 0 amide bonds. The van der Waals surface area contributed by atoms with Gasteiger partial charge in [0.1, 0.15) is 0 Å². The Bertz CT molecular complexity index is 335. The second kappa shape index (κ2) is 3.55. The number of ketones is 1. The smallest absolute Gasteiger partial charge is 0.288 e. The molecule has 13 heavy (non-hydrogen) atoms. The number of hydrogen-bond acceptors (Lipinski definition) is 1. The third-order valence-corrected chi connectivity index (χ3v) is 1.42. The molecule has 0 bridgehead atoms. The summed E-state index contributed by atoms with van der Waals surface area (Å²) in [4.78, 5) is 10.6. The van der Waals surface area contributed by atoms with E-state index in [1.54, 1.807) is 0 Å². The molecule has 70 valence electrons. The minimum absolute atomic E-state index is 0.748. The van der Waals surface area contributed by atoms with E-state index in [0.29, 0.717) is 0 Å². The highest BCUT2D eigenvalue weighted by molar-refractivity contribution is 5.98. The quantitative estimate of drug-likeness (QED) is 0.519. The molecule has 0 radical (unpaired) electrons. The number of rotatable bonds is 2. The van der Waals surface area contributed by atoms with Crippen LogP contribution < -0.4 is 0 Å². The molecule has 0 unspecified atom stereocenters. The Kier molecular flexibility index (Phi) is 2.65. The lowest BCUT2D eigenvalue weighted by Crippen LogP contribution is -2.12. The van der Waals surface area contributed by atoms with E-state index < -0.39 is 29.4 Å². The zero-order chi connectivity index (χ0) is 10.0. The maximum atomic E-state index is 12.7. The van der Waals surface area contributed by atoms with Gasteiger partial charge in [-0.1, -0.05) is 6.07 Å². The van der Waals surface area contributed by atoms with E-state index in [2.05, 4.69) is 0 Å². The SMILES string of the molecule is O=C(c1cccc(F)c1F)C(F)F. The molecule has 5 heteroatoms. The van der Waals surface area contributed by atoms with E-state index in [4.69, 9.17) is 0 Å². The van der Waals surface area contributed by atoms with Crippen molar-refractivity contribution in [2.24, 2.45) is 0 Å². The van der Waals surface area contributed by atoms with Crippen LogP contribution in [0, 0.1) is 11.6 Å². The first kappa shape index (κ1) is 9.70. The van der Waals surface area contributed by atoms with E-state index in [-0.39, 0.29) is 0 Å². The summed E-state index contributed by atoms with van der Waals surface area (Å²) in [5.41, 5.74) is -0.921. The summed E-state index contributed by atoms with van der Waals surface area (Å²) in [6.45, 7) is 0. The van der Waals surface area contributed by atoms with Gasteiger partial charge in [-0.05, 0) is 12.1 Å². The van der Waals surface area contributed by atoms with Crippen molar-refractivity contribution in [1.82, 2.24) is 0 Å². The predicted octanol–water partition coefficient (Wildman–Crippen LogP) is 2.41. The summed E-state index contributed by atoms with van der Waals surface area (Å²) in [5, 5.41) is 0. The maximum Gasteiger partial charge on any atom is 0.300 e. The lowest BCUT2D eigenvalue weighted by atomic mass is 10.1. The Morgan fingerprint density at radius 2 is 1.85 bits per heavy atom. The molecule has 0 heterocycles. The molecule has 0 spiro atoms. The third kappa shape index (κ3) is 1.85. The molecule has 0 saturated carbocycles. The Labute approximate surface area is 71.0 Å². The van der Waals surface area contributed by atoms with Gasteiger partial charge in [0, 0.05) is 0 Å². The van der Waals surface area contributed by atoms with E-state index >= 15 is 0 Å². The zero-order valence-electron chi connectivity index (χ0n) is 6.23. The Balaban J connectivity index is 3.15. The largest absolute Gasteiger partial charge is 0.300 e. The number of hydrogen-bond donors (Lipinski definition) is 0. The van der Waals surface area contributed by atoms with Gasteiger partial charge >= 0.3 is 6.43 Å². The Hall–Kier alpha value is -1.39. The van der Waals surface area contributed by atoms with Gasteiger partial charge in [-0.2, -0.15) is 0 Å². The van der Waals surface area contributed by atoms with Crippen molar-refractivity contribution in [3.63, 3.8) is 0 Å². The van der Waals surface area contributed by atoms with Crippen LogP contribution >= 0.6 is 0 Å². The van der Waals surface area contributed by atoms with Crippen molar-refractivity contribution in [1.29, 1.82) is 0 Å². The second-order valence-electron chi connectivity index (χ2n) is 2.27. The lowest BCUT2D eigenvalue weighted by molar-refractivity contribution is 0.0673. The number of Topliss-reactive ketones (excluding diaryl/α,β-unsaturated/α-hetero) is 1. The monoisotopic (exact) mass is 192 g/mol. The van der Waals surface area contributed by atoms with Gasteiger partial charge in [-0.15, -0.1) is 0 Å². The maximum absolute atomic E-state index is 12.7. The Morgan fingerprint density at radius 3 is 2.38 bits per heavy atom. The highest BCUT2D eigenvalue weighted by Gasteiger charge is 2.22. The molecule has 0 saturated heterocycles. The van der Waals surface area contributed by atoms with Crippen molar-refractivity contribution in [2.75, 3.05) is 0 Å². The molecular formula is C8H4F4O. The fourth-order valence-electron chi connectivity index (χ4n) is 0.812. The van der Waals surface area contributed by atoms with Gasteiger partial charge in [0.05, 0.1) is 5.56 Å². The van der Waals surface area contributed by atoms with Crippen molar-refractivity contribution in [3.8, 4) is 0 Å². The summed E-state index contributed by atoms with van der Waals surface area (Å²) >= 11 is 0. The van der Waals surface area contributed by atoms with Crippen LogP contribution in [0.1, 0.15) is 10.4 Å². The van der Waals surface area contributed by atoms with Gasteiger partial charge in [0.25, 0.3) is 0 Å². The average Bonchev–Trinajstić information content (AvgIpc) is 2.08. The van der Waals surface area contributed by atoms with Crippen molar-refractivity contribution in [3.05, 3.63) is 35.4 Å². The molecule has 1 aromatic carbocycles. The highest BCUT2D eigenvalue weighted by Crippen LogP contribution is 2.14. The predicted molar refractivity (Wildman–Crippen MR) is 36.7 cm³/mol. The van der Waals surface area contributed by atoms with Crippen LogP contribution in [0.25, 0.3) is 0 Å². The van der Waals surface area contributed by atoms with Crippen LogP contribution in [-0.2, 0) is 0 Å². The van der Waals surface area contributed by atoms with E-state index in [1.807, 2.05) is 0 Å². The summed E-state index contributed by atoms with van der Waals surface area (Å²) < 4.78 is 48.7. The summed E-state index contributed by atoms with van der Waals surface area (Å²) in [5.74, 6) is -4.56. The number of alkyl halides is 2. The number of halogens is 4. The fraction of sp³-hybridized carbons (Fsp3) is 0.125. The van der Waals surface area contributed by atoms with Gasteiger partial charge in [-0.3, -0.25) is 4.79 Å². The van der Waals surface area contributed by atoms with E-state index in [9.17, 15) is 22.4 Å².